The summed E-state index contributed by atoms with van der Waals surface area (Å²) >= 11 is 0. The van der Waals surface area contributed by atoms with Gasteiger partial charge in [0.1, 0.15) is 11.8 Å². The number of amides is 2. The number of hydrogen-bond acceptors (Lipinski definition) is 7. The molecule has 0 bridgehead atoms. The van der Waals surface area contributed by atoms with Crippen LogP contribution in [0.4, 0.5) is 0 Å². The maximum Gasteiger partial charge on any atom is 0.481 e. The standard InChI is InChI=1S/C26H36BN3O6/c1-18-20(13-10-15-28-18)23(31)29-21(17-33-6)24(32)30-22(14-16-34-19-11-8-7-9-12-19)27-35-25(2,3)26(4,5)36-27/h7-13,15,21-22H,14,16-17H2,1-6H3,(H,29,31)(H,30,32)/t21?,22-/m0/s1. The minimum Gasteiger partial charge on any atom is -0.494 e. The van der Waals surface area contributed by atoms with Crippen molar-refractivity contribution in [3.05, 3.63) is 59.9 Å². The first-order valence-corrected chi connectivity index (χ1v) is 12.1. The molecule has 2 amide bonds. The maximum atomic E-state index is 13.3. The van der Waals surface area contributed by atoms with Crippen LogP contribution in [0.5, 0.6) is 5.75 Å². The zero-order valence-electron chi connectivity index (χ0n) is 21.9. The van der Waals surface area contributed by atoms with E-state index in [0.29, 0.717) is 24.3 Å². The number of nitrogens with one attached hydrogen (secondary N) is 2. The van der Waals surface area contributed by atoms with Crippen molar-refractivity contribution in [2.45, 2.75) is 64.2 Å². The number of para-hydroxylation sites is 1. The Hall–Kier alpha value is -2.95. The Morgan fingerprint density at radius 2 is 1.69 bits per heavy atom. The van der Waals surface area contributed by atoms with Crippen molar-refractivity contribution in [2.75, 3.05) is 20.3 Å². The van der Waals surface area contributed by atoms with Gasteiger partial charge in [0.25, 0.3) is 5.91 Å². The topological polar surface area (TPSA) is 108 Å². The zero-order chi connectivity index (χ0) is 26.3. The lowest BCUT2D eigenvalue weighted by Crippen LogP contribution is -2.56. The zero-order valence-corrected chi connectivity index (χ0v) is 21.9. The Bertz CT molecular complexity index is 1020. The number of aryl methyl sites for hydroxylation is 1. The predicted molar refractivity (Wildman–Crippen MR) is 137 cm³/mol. The lowest BCUT2D eigenvalue weighted by Gasteiger charge is -2.32. The fourth-order valence-electron chi connectivity index (χ4n) is 3.74. The number of carbonyl (C=O) groups excluding carboxylic acids is 2. The average Bonchev–Trinajstić information content (AvgIpc) is 3.05. The molecular formula is C26H36BN3O6. The number of pyridine rings is 1. The van der Waals surface area contributed by atoms with E-state index >= 15 is 0 Å². The summed E-state index contributed by atoms with van der Waals surface area (Å²) in [5.74, 6) is -0.616. The molecule has 1 aliphatic rings. The van der Waals surface area contributed by atoms with Crippen molar-refractivity contribution in [3.8, 4) is 5.75 Å². The first-order valence-electron chi connectivity index (χ1n) is 12.1. The normalized spacial score (nSPS) is 17.8. The molecule has 2 N–H and O–H groups in total. The molecular weight excluding hydrogens is 461 g/mol. The lowest BCUT2D eigenvalue weighted by molar-refractivity contribution is -0.124. The SMILES string of the molecule is COCC(NC(=O)c1cccnc1C)C(=O)N[C@@H](CCOc1ccccc1)B1OC(C)(C)C(C)(C)O1. The summed E-state index contributed by atoms with van der Waals surface area (Å²) < 4.78 is 23.5. The van der Waals surface area contributed by atoms with Crippen molar-refractivity contribution < 1.29 is 28.4 Å². The molecule has 0 saturated carbocycles. The van der Waals surface area contributed by atoms with E-state index in [1.165, 1.54) is 7.11 Å². The fourth-order valence-corrected chi connectivity index (χ4v) is 3.74. The number of rotatable bonds is 11. The van der Waals surface area contributed by atoms with Crippen LogP contribution in [0.3, 0.4) is 0 Å². The smallest absolute Gasteiger partial charge is 0.481 e. The van der Waals surface area contributed by atoms with Crippen LogP contribution in [0.1, 0.15) is 50.2 Å². The quantitative estimate of drug-likeness (QED) is 0.460. The van der Waals surface area contributed by atoms with Crippen LogP contribution in [0.25, 0.3) is 0 Å². The van der Waals surface area contributed by atoms with Gasteiger partial charge in [0, 0.05) is 25.4 Å². The predicted octanol–water partition coefficient (Wildman–Crippen LogP) is 2.72. The highest BCUT2D eigenvalue weighted by molar-refractivity contribution is 6.48. The van der Waals surface area contributed by atoms with Crippen LogP contribution < -0.4 is 15.4 Å². The van der Waals surface area contributed by atoms with Crippen molar-refractivity contribution in [1.29, 1.82) is 0 Å². The third-order valence-electron chi connectivity index (χ3n) is 6.58. The summed E-state index contributed by atoms with van der Waals surface area (Å²) in [4.78, 5) is 30.3. The lowest BCUT2D eigenvalue weighted by atomic mass is 9.76. The average molecular weight is 497 g/mol. The Kier molecular flexibility index (Phi) is 9.11. The van der Waals surface area contributed by atoms with Crippen LogP contribution in [0, 0.1) is 6.92 Å². The van der Waals surface area contributed by atoms with Gasteiger partial charge in [0.2, 0.25) is 5.91 Å². The molecule has 3 rings (SSSR count). The largest absolute Gasteiger partial charge is 0.494 e. The molecule has 0 spiro atoms. The molecule has 2 aromatic rings. The Balaban J connectivity index is 1.72. The number of ether oxygens (including phenoxy) is 2. The van der Waals surface area contributed by atoms with Gasteiger partial charge in [-0.2, -0.15) is 0 Å². The number of carbonyl (C=O) groups is 2. The number of methoxy groups -OCH3 is 1. The molecule has 1 aliphatic heterocycles. The highest BCUT2D eigenvalue weighted by Crippen LogP contribution is 2.37. The fraction of sp³-hybridized carbons (Fsp3) is 0.500. The van der Waals surface area contributed by atoms with Gasteiger partial charge in [-0.05, 0) is 58.9 Å². The van der Waals surface area contributed by atoms with Gasteiger partial charge in [-0.3, -0.25) is 14.6 Å². The van der Waals surface area contributed by atoms with Crippen molar-refractivity contribution >= 4 is 18.9 Å². The van der Waals surface area contributed by atoms with Gasteiger partial charge in [0.05, 0.1) is 35.9 Å². The Morgan fingerprint density at radius 1 is 1.03 bits per heavy atom. The van der Waals surface area contributed by atoms with Gasteiger partial charge in [0.15, 0.2) is 0 Å². The number of hydrogen-bond donors (Lipinski definition) is 2. The Morgan fingerprint density at radius 3 is 2.31 bits per heavy atom. The van der Waals surface area contributed by atoms with Crippen molar-refractivity contribution in [1.82, 2.24) is 15.6 Å². The van der Waals surface area contributed by atoms with E-state index < -0.39 is 42.1 Å². The third-order valence-corrected chi connectivity index (χ3v) is 6.58. The van der Waals surface area contributed by atoms with Crippen LogP contribution >= 0.6 is 0 Å². The highest BCUT2D eigenvalue weighted by atomic mass is 16.7. The Labute approximate surface area is 213 Å². The molecule has 1 fully saturated rings. The minimum absolute atomic E-state index is 0.00646. The second-order valence-electron chi connectivity index (χ2n) is 9.81. The van der Waals surface area contributed by atoms with E-state index in [1.807, 2.05) is 58.0 Å². The van der Waals surface area contributed by atoms with Crippen LogP contribution in [0.2, 0.25) is 0 Å². The first-order chi connectivity index (χ1) is 17.0. The number of nitrogens with zero attached hydrogens (tertiary/aromatic N) is 1. The second kappa shape index (κ2) is 11.9. The molecule has 10 heteroatoms. The summed E-state index contributed by atoms with van der Waals surface area (Å²) in [6, 6.07) is 11.8. The van der Waals surface area contributed by atoms with Crippen molar-refractivity contribution in [3.63, 3.8) is 0 Å². The highest BCUT2D eigenvalue weighted by Gasteiger charge is 2.54. The molecule has 1 unspecified atom stereocenters. The van der Waals surface area contributed by atoms with E-state index in [4.69, 9.17) is 18.8 Å². The third kappa shape index (κ3) is 6.84. The molecule has 0 aliphatic carbocycles. The summed E-state index contributed by atoms with van der Waals surface area (Å²) in [6.45, 7) is 9.88. The molecule has 1 aromatic heterocycles. The molecule has 2 heterocycles. The van der Waals surface area contributed by atoms with Crippen LogP contribution in [-0.2, 0) is 18.8 Å². The van der Waals surface area contributed by atoms with E-state index in [9.17, 15) is 9.59 Å². The van der Waals surface area contributed by atoms with Gasteiger partial charge in [-0.1, -0.05) is 18.2 Å². The van der Waals surface area contributed by atoms with Gasteiger partial charge < -0.3 is 29.4 Å². The van der Waals surface area contributed by atoms with E-state index in [2.05, 4.69) is 15.6 Å². The summed E-state index contributed by atoms with van der Waals surface area (Å²) in [7, 11) is 0.777. The maximum absolute atomic E-state index is 13.3. The molecule has 0 radical (unpaired) electrons. The van der Waals surface area contributed by atoms with Gasteiger partial charge in [-0.25, -0.2) is 0 Å². The monoisotopic (exact) mass is 497 g/mol. The van der Waals surface area contributed by atoms with Crippen LogP contribution in [0.15, 0.2) is 48.7 Å². The molecule has 1 saturated heterocycles. The molecule has 194 valence electrons. The van der Waals surface area contributed by atoms with Crippen molar-refractivity contribution in [2.24, 2.45) is 0 Å². The molecule has 36 heavy (non-hydrogen) atoms. The molecule has 1 aromatic carbocycles. The summed E-state index contributed by atoms with van der Waals surface area (Å²) in [5.41, 5.74) is -0.178. The van der Waals surface area contributed by atoms with E-state index in [-0.39, 0.29) is 6.61 Å². The van der Waals surface area contributed by atoms with Gasteiger partial charge in [-0.15, -0.1) is 0 Å². The number of benzene rings is 1. The first kappa shape index (κ1) is 27.6. The van der Waals surface area contributed by atoms with E-state index in [0.717, 1.165) is 5.75 Å². The van der Waals surface area contributed by atoms with E-state index in [1.54, 1.807) is 25.3 Å². The number of aromatic nitrogens is 1. The summed E-state index contributed by atoms with van der Waals surface area (Å²) in [6.07, 6.45) is 2.03. The molecule has 2 atom stereocenters. The second-order valence-corrected chi connectivity index (χ2v) is 9.81. The van der Waals surface area contributed by atoms with Crippen LogP contribution in [-0.4, -0.2) is 67.4 Å². The van der Waals surface area contributed by atoms with Gasteiger partial charge >= 0.3 is 7.12 Å². The molecule has 9 nitrogen and oxygen atoms in total. The summed E-state index contributed by atoms with van der Waals surface area (Å²) in [5, 5.41) is 5.75. The minimum atomic E-state index is -0.929.